The molecule has 214 valence electrons. The van der Waals surface area contributed by atoms with E-state index in [4.69, 9.17) is 16.2 Å². The highest BCUT2D eigenvalue weighted by molar-refractivity contribution is 7.16. The molecule has 0 aliphatic heterocycles. The summed E-state index contributed by atoms with van der Waals surface area (Å²) in [5.41, 5.74) is 14.9. The molecule has 40 heavy (non-hydrogen) atoms. The normalized spacial score (nSPS) is 16.3. The minimum Gasteiger partial charge on any atom is -0.476 e. The van der Waals surface area contributed by atoms with Crippen LogP contribution in [0.3, 0.4) is 0 Å². The van der Waals surface area contributed by atoms with E-state index in [9.17, 15) is 14.9 Å². The third-order valence-corrected chi connectivity index (χ3v) is 8.53. The van der Waals surface area contributed by atoms with Crippen LogP contribution in [-0.4, -0.2) is 45.5 Å². The number of thiophene rings is 1. The number of imidazole rings is 1. The van der Waals surface area contributed by atoms with E-state index in [1.54, 1.807) is 7.05 Å². The van der Waals surface area contributed by atoms with Crippen molar-refractivity contribution < 1.29 is 9.53 Å². The summed E-state index contributed by atoms with van der Waals surface area (Å²) in [5, 5.41) is 13.4. The lowest BCUT2D eigenvalue weighted by Crippen LogP contribution is -2.23. The van der Waals surface area contributed by atoms with Crippen molar-refractivity contribution in [2.75, 3.05) is 25.9 Å². The number of nitrogen functional groups attached to an aromatic ring is 1. The SMILES string of the molecule is CCC/C(C(=O)C1CCCc2sc(N)c(C#N)c21)=C(/N)c1nc(OC[C@@H](C)CCCNC)c2c(n1)[nH]c(=O)n2C. The maximum Gasteiger partial charge on any atom is 0.327 e. The zero-order chi connectivity index (χ0) is 29.0. The second-order valence-electron chi connectivity index (χ2n) is 10.4. The Labute approximate surface area is 237 Å². The summed E-state index contributed by atoms with van der Waals surface area (Å²) in [4.78, 5) is 39.4. The van der Waals surface area contributed by atoms with E-state index in [-0.39, 0.29) is 34.8 Å². The molecule has 3 aromatic rings. The average molecular weight is 567 g/mol. The van der Waals surface area contributed by atoms with Crippen molar-refractivity contribution in [1.82, 2.24) is 24.8 Å². The minimum atomic E-state index is -0.499. The number of aromatic nitrogens is 4. The van der Waals surface area contributed by atoms with Crippen LogP contribution in [0.15, 0.2) is 10.4 Å². The number of H-pyrrole nitrogens is 1. The Balaban J connectivity index is 1.75. The van der Waals surface area contributed by atoms with Gasteiger partial charge in [0.1, 0.15) is 11.1 Å². The molecule has 0 saturated carbocycles. The van der Waals surface area contributed by atoms with Crippen LogP contribution in [0.2, 0.25) is 0 Å². The predicted octanol–water partition coefficient (Wildman–Crippen LogP) is 3.35. The first-order chi connectivity index (χ1) is 19.2. The van der Waals surface area contributed by atoms with Gasteiger partial charge in [0.25, 0.3) is 0 Å². The van der Waals surface area contributed by atoms with E-state index in [0.29, 0.717) is 53.2 Å². The Kier molecular flexibility index (Phi) is 9.27. The van der Waals surface area contributed by atoms with Gasteiger partial charge in [-0.3, -0.25) is 14.3 Å². The van der Waals surface area contributed by atoms with Crippen molar-refractivity contribution in [2.45, 2.75) is 64.7 Å². The fourth-order valence-corrected chi connectivity index (χ4v) is 6.43. The lowest BCUT2D eigenvalue weighted by Gasteiger charge is -2.24. The molecule has 11 nitrogen and oxygen atoms in total. The lowest BCUT2D eigenvalue weighted by molar-refractivity contribution is -0.117. The first-order valence-corrected chi connectivity index (χ1v) is 14.6. The maximum absolute atomic E-state index is 14.1. The monoisotopic (exact) mass is 566 g/mol. The number of hydrogen-bond acceptors (Lipinski definition) is 10. The summed E-state index contributed by atoms with van der Waals surface area (Å²) in [6, 6.07) is 2.20. The van der Waals surface area contributed by atoms with E-state index in [1.165, 1.54) is 15.9 Å². The fraction of sp³-hybridized carbons (Fsp3) is 0.536. The molecular formula is C28H38N8O3S. The molecule has 0 aromatic carbocycles. The van der Waals surface area contributed by atoms with Gasteiger partial charge in [0.2, 0.25) is 5.88 Å². The smallest absolute Gasteiger partial charge is 0.327 e. The number of nitrogens with two attached hydrogens (primary N) is 2. The second kappa shape index (κ2) is 12.7. The highest BCUT2D eigenvalue weighted by Gasteiger charge is 2.34. The van der Waals surface area contributed by atoms with E-state index in [1.807, 2.05) is 14.0 Å². The van der Waals surface area contributed by atoms with Crippen molar-refractivity contribution in [3.63, 3.8) is 0 Å². The predicted molar refractivity (Wildman–Crippen MR) is 157 cm³/mol. The molecule has 1 unspecified atom stereocenters. The number of aromatic amines is 1. The van der Waals surface area contributed by atoms with E-state index < -0.39 is 5.92 Å². The number of carbonyl (C=O) groups is 1. The molecule has 0 fully saturated rings. The Bertz CT molecular complexity index is 1530. The summed E-state index contributed by atoms with van der Waals surface area (Å²) in [6.07, 6.45) is 5.31. The van der Waals surface area contributed by atoms with Gasteiger partial charge in [0, 0.05) is 23.4 Å². The van der Waals surface area contributed by atoms with Crippen LogP contribution < -0.4 is 27.2 Å². The van der Waals surface area contributed by atoms with Crippen molar-refractivity contribution in [1.29, 1.82) is 5.26 Å². The zero-order valence-corrected chi connectivity index (χ0v) is 24.4. The second-order valence-corrected chi connectivity index (χ2v) is 11.6. The number of nitrogens with one attached hydrogen (secondary N) is 2. The van der Waals surface area contributed by atoms with Crippen LogP contribution >= 0.6 is 11.3 Å². The summed E-state index contributed by atoms with van der Waals surface area (Å²) >= 11 is 1.39. The van der Waals surface area contributed by atoms with Gasteiger partial charge in [-0.15, -0.1) is 11.3 Å². The average Bonchev–Trinajstić information content (AvgIpc) is 3.43. The number of nitriles is 1. The van der Waals surface area contributed by atoms with Gasteiger partial charge in [-0.2, -0.15) is 10.2 Å². The zero-order valence-electron chi connectivity index (χ0n) is 23.6. The molecule has 1 aliphatic rings. The number of fused-ring (bicyclic) bond motifs is 2. The van der Waals surface area contributed by atoms with Crippen molar-refractivity contribution in [3.05, 3.63) is 37.9 Å². The Hall–Kier alpha value is -3.69. The van der Waals surface area contributed by atoms with Gasteiger partial charge in [-0.05, 0) is 63.6 Å². The molecule has 3 aromatic heterocycles. The Morgan fingerprint density at radius 2 is 2.17 bits per heavy atom. The third-order valence-electron chi connectivity index (χ3n) is 7.43. The topological polar surface area (TPSA) is 178 Å². The summed E-state index contributed by atoms with van der Waals surface area (Å²) in [5.74, 6) is -0.00648. The molecule has 1 aliphatic carbocycles. The summed E-state index contributed by atoms with van der Waals surface area (Å²) in [7, 11) is 3.55. The van der Waals surface area contributed by atoms with Gasteiger partial charge >= 0.3 is 5.69 Å². The largest absolute Gasteiger partial charge is 0.476 e. The molecule has 0 saturated heterocycles. The molecule has 12 heteroatoms. The van der Waals surface area contributed by atoms with Crippen LogP contribution in [0.4, 0.5) is 5.00 Å². The van der Waals surface area contributed by atoms with Crippen LogP contribution in [-0.2, 0) is 18.3 Å². The molecule has 0 bridgehead atoms. The number of hydrogen-bond donors (Lipinski definition) is 4. The summed E-state index contributed by atoms with van der Waals surface area (Å²) < 4.78 is 7.54. The lowest BCUT2D eigenvalue weighted by atomic mass is 9.79. The number of ether oxygens (including phenoxy) is 1. The summed E-state index contributed by atoms with van der Waals surface area (Å²) in [6.45, 7) is 5.40. The van der Waals surface area contributed by atoms with Crippen molar-refractivity contribution in [3.8, 4) is 11.9 Å². The standard InChI is InChI=1S/C28H38N8O3S/c1-5-8-17(23(37)16-10-6-11-19-20(16)18(13-29)24(31)40-19)21(30)25-33-26-22(36(4)28(38)35-26)27(34-25)39-14-15(2)9-7-12-32-3/h15-16,32H,5-12,14,30-31H2,1-4H3,(H,33,34,35,38)/b21-17-/t15-,16?/m0/s1. The highest BCUT2D eigenvalue weighted by atomic mass is 32.1. The van der Waals surface area contributed by atoms with E-state index in [2.05, 4.69) is 33.3 Å². The van der Waals surface area contributed by atoms with Gasteiger partial charge < -0.3 is 21.5 Å². The van der Waals surface area contributed by atoms with Crippen molar-refractivity contribution in [2.24, 2.45) is 18.7 Å². The molecular weight excluding hydrogens is 528 g/mol. The quantitative estimate of drug-likeness (QED) is 0.189. The minimum absolute atomic E-state index is 0.130. The van der Waals surface area contributed by atoms with Gasteiger partial charge in [0.05, 0.1) is 17.9 Å². The van der Waals surface area contributed by atoms with Gasteiger partial charge in [-0.25, -0.2) is 9.78 Å². The number of ketones is 1. The number of rotatable bonds is 12. The van der Waals surface area contributed by atoms with E-state index in [0.717, 1.165) is 42.7 Å². The first kappa shape index (κ1) is 29.3. The first-order valence-electron chi connectivity index (χ1n) is 13.8. The van der Waals surface area contributed by atoms with Crippen LogP contribution in [0.25, 0.3) is 16.9 Å². The molecule has 0 radical (unpaired) electrons. The number of allylic oxidation sites excluding steroid dienone is 1. The molecule has 0 spiro atoms. The number of nitrogens with zero attached hydrogens (tertiary/aromatic N) is 4. The number of aryl methyl sites for hydroxylation is 2. The fourth-order valence-electron chi connectivity index (χ4n) is 5.30. The number of Topliss-reactive ketones (excluding diaryl/α,β-unsaturated/α-hetero) is 1. The number of carbonyl (C=O) groups excluding carboxylic acids is 1. The Morgan fingerprint density at radius 1 is 1.40 bits per heavy atom. The highest BCUT2D eigenvalue weighted by Crippen LogP contribution is 2.44. The third kappa shape index (κ3) is 5.76. The molecule has 3 heterocycles. The number of anilines is 1. The van der Waals surface area contributed by atoms with Gasteiger partial charge in [0.15, 0.2) is 22.8 Å². The van der Waals surface area contributed by atoms with Crippen LogP contribution in [0, 0.1) is 17.2 Å². The molecule has 4 rings (SSSR count). The van der Waals surface area contributed by atoms with Crippen LogP contribution in [0.5, 0.6) is 5.88 Å². The maximum atomic E-state index is 14.1. The molecule has 6 N–H and O–H groups in total. The van der Waals surface area contributed by atoms with Crippen LogP contribution in [0.1, 0.15) is 80.1 Å². The van der Waals surface area contributed by atoms with Gasteiger partial charge in [-0.1, -0.05) is 20.3 Å². The molecule has 2 atom stereocenters. The Morgan fingerprint density at radius 3 is 2.88 bits per heavy atom. The van der Waals surface area contributed by atoms with Crippen molar-refractivity contribution >= 4 is 39.0 Å². The molecule has 0 amide bonds. The van der Waals surface area contributed by atoms with E-state index >= 15 is 0 Å².